The maximum absolute atomic E-state index is 11.5. The van der Waals surface area contributed by atoms with E-state index in [0.717, 1.165) is 5.56 Å². The van der Waals surface area contributed by atoms with Gasteiger partial charge in [0.05, 0.1) is 11.3 Å². The maximum Gasteiger partial charge on any atom is 0.250 e. The number of primary amides is 1. The van der Waals surface area contributed by atoms with Crippen molar-refractivity contribution in [2.45, 2.75) is 6.54 Å². The fraction of sp³-hybridized carbons (Fsp3) is 0.133. The number of nitrogen functional groups attached to an aromatic ring is 1. The van der Waals surface area contributed by atoms with Crippen LogP contribution in [0.5, 0.6) is 0 Å². The number of carbonyl (C=O) groups excluding carboxylic acids is 1. The number of halogens is 1. The van der Waals surface area contributed by atoms with Crippen LogP contribution >= 0.6 is 11.6 Å². The van der Waals surface area contributed by atoms with Gasteiger partial charge in [-0.1, -0.05) is 29.8 Å². The van der Waals surface area contributed by atoms with Crippen LogP contribution in [0.2, 0.25) is 5.02 Å². The van der Waals surface area contributed by atoms with Crippen LogP contribution < -0.4 is 16.4 Å². The summed E-state index contributed by atoms with van der Waals surface area (Å²) in [7, 11) is 1.87. The largest absolute Gasteiger partial charge is 0.398 e. The Balaban J connectivity index is 2.34. The minimum Gasteiger partial charge on any atom is -0.398 e. The summed E-state index contributed by atoms with van der Waals surface area (Å²) in [6, 6.07) is 12.6. The van der Waals surface area contributed by atoms with E-state index in [0.29, 0.717) is 28.5 Å². The van der Waals surface area contributed by atoms with E-state index in [1.54, 1.807) is 18.2 Å². The fourth-order valence-corrected chi connectivity index (χ4v) is 2.21. The van der Waals surface area contributed by atoms with Crippen molar-refractivity contribution in [1.82, 2.24) is 0 Å². The SMILES string of the molecule is CN(Cc1ccccc1N)c1cc(Cl)ccc1C(N)=O. The zero-order chi connectivity index (χ0) is 14.7. The van der Waals surface area contributed by atoms with Crippen LogP contribution in [0.15, 0.2) is 42.5 Å². The second-order valence-corrected chi connectivity index (χ2v) is 5.02. The summed E-state index contributed by atoms with van der Waals surface area (Å²) in [6.45, 7) is 0.563. The molecule has 0 atom stereocenters. The lowest BCUT2D eigenvalue weighted by atomic mass is 10.1. The molecule has 0 bridgehead atoms. The van der Waals surface area contributed by atoms with Crippen molar-refractivity contribution in [2.75, 3.05) is 17.7 Å². The van der Waals surface area contributed by atoms with Gasteiger partial charge in [0.15, 0.2) is 0 Å². The van der Waals surface area contributed by atoms with E-state index in [9.17, 15) is 4.79 Å². The first-order chi connectivity index (χ1) is 9.49. The van der Waals surface area contributed by atoms with Crippen molar-refractivity contribution in [3.8, 4) is 0 Å². The van der Waals surface area contributed by atoms with E-state index in [1.165, 1.54) is 0 Å². The van der Waals surface area contributed by atoms with Crippen LogP contribution in [0.4, 0.5) is 11.4 Å². The highest BCUT2D eigenvalue weighted by atomic mass is 35.5. The molecule has 104 valence electrons. The summed E-state index contributed by atoms with van der Waals surface area (Å²) in [5, 5.41) is 0.554. The third-order valence-corrected chi connectivity index (χ3v) is 3.33. The normalized spacial score (nSPS) is 10.3. The second kappa shape index (κ2) is 5.84. The zero-order valence-corrected chi connectivity index (χ0v) is 11.9. The molecule has 0 aliphatic carbocycles. The van der Waals surface area contributed by atoms with Gasteiger partial charge < -0.3 is 16.4 Å². The molecule has 0 radical (unpaired) electrons. The van der Waals surface area contributed by atoms with Gasteiger partial charge >= 0.3 is 0 Å². The smallest absolute Gasteiger partial charge is 0.250 e. The molecule has 20 heavy (non-hydrogen) atoms. The predicted molar refractivity (Wildman–Crippen MR) is 82.9 cm³/mol. The average molecular weight is 290 g/mol. The molecule has 0 unspecified atom stereocenters. The molecule has 4 nitrogen and oxygen atoms in total. The molecule has 1 amide bonds. The fourth-order valence-electron chi connectivity index (χ4n) is 2.05. The Bertz CT molecular complexity index is 643. The predicted octanol–water partition coefficient (Wildman–Crippen LogP) is 2.66. The van der Waals surface area contributed by atoms with Crippen molar-refractivity contribution in [3.63, 3.8) is 0 Å². The standard InChI is InChI=1S/C15H16ClN3O/c1-19(9-10-4-2-3-5-13(10)17)14-8-11(16)6-7-12(14)15(18)20/h2-8H,9,17H2,1H3,(H2,18,20). The highest BCUT2D eigenvalue weighted by Crippen LogP contribution is 2.26. The Morgan fingerprint density at radius 2 is 1.95 bits per heavy atom. The molecule has 0 heterocycles. The Morgan fingerprint density at radius 3 is 2.60 bits per heavy atom. The highest BCUT2D eigenvalue weighted by Gasteiger charge is 2.13. The molecule has 2 aromatic rings. The summed E-state index contributed by atoms with van der Waals surface area (Å²) in [6.07, 6.45) is 0. The molecule has 0 spiro atoms. The summed E-state index contributed by atoms with van der Waals surface area (Å²) in [4.78, 5) is 13.4. The first-order valence-electron chi connectivity index (χ1n) is 6.13. The number of nitrogens with two attached hydrogens (primary N) is 2. The van der Waals surface area contributed by atoms with Gasteiger partial charge in [-0.2, -0.15) is 0 Å². The second-order valence-electron chi connectivity index (χ2n) is 4.58. The van der Waals surface area contributed by atoms with E-state index in [2.05, 4.69) is 0 Å². The lowest BCUT2D eigenvalue weighted by Crippen LogP contribution is -2.22. The van der Waals surface area contributed by atoms with Crippen molar-refractivity contribution >= 4 is 28.9 Å². The first-order valence-corrected chi connectivity index (χ1v) is 6.50. The minimum absolute atomic E-state index is 0.436. The minimum atomic E-state index is -0.482. The number of hydrogen-bond donors (Lipinski definition) is 2. The van der Waals surface area contributed by atoms with Gasteiger partial charge in [-0.3, -0.25) is 4.79 Å². The summed E-state index contributed by atoms with van der Waals surface area (Å²) in [5.74, 6) is -0.482. The van der Waals surface area contributed by atoms with Crippen molar-refractivity contribution < 1.29 is 4.79 Å². The zero-order valence-electron chi connectivity index (χ0n) is 11.1. The molecule has 2 rings (SSSR count). The van der Waals surface area contributed by atoms with Crippen LogP contribution in [-0.4, -0.2) is 13.0 Å². The molecular weight excluding hydrogens is 274 g/mol. The van der Waals surface area contributed by atoms with Gasteiger partial charge in [0.25, 0.3) is 5.91 Å². The number of rotatable bonds is 4. The topological polar surface area (TPSA) is 72.3 Å². The Hall–Kier alpha value is -2.20. The number of carbonyl (C=O) groups is 1. The Labute approximate surface area is 122 Å². The Kier molecular flexibility index (Phi) is 4.15. The van der Waals surface area contributed by atoms with Crippen molar-refractivity contribution in [3.05, 3.63) is 58.6 Å². The summed E-state index contributed by atoms with van der Waals surface area (Å²) < 4.78 is 0. The lowest BCUT2D eigenvalue weighted by Gasteiger charge is -2.22. The molecule has 4 N–H and O–H groups in total. The van der Waals surface area contributed by atoms with Crippen LogP contribution in [-0.2, 0) is 6.54 Å². The summed E-state index contributed by atoms with van der Waals surface area (Å²) >= 11 is 6.00. The van der Waals surface area contributed by atoms with E-state index < -0.39 is 5.91 Å². The van der Waals surface area contributed by atoms with Crippen LogP contribution in [0, 0.1) is 0 Å². The number of hydrogen-bond acceptors (Lipinski definition) is 3. The van der Waals surface area contributed by atoms with Gasteiger partial charge in [-0.05, 0) is 29.8 Å². The van der Waals surface area contributed by atoms with Gasteiger partial charge in [0, 0.05) is 24.3 Å². The van der Waals surface area contributed by atoms with E-state index in [-0.39, 0.29) is 0 Å². The van der Waals surface area contributed by atoms with Crippen LogP contribution in [0.1, 0.15) is 15.9 Å². The molecule has 0 saturated carbocycles. The van der Waals surface area contributed by atoms with Crippen molar-refractivity contribution in [2.24, 2.45) is 5.73 Å². The molecule has 0 saturated heterocycles. The number of amides is 1. The molecular formula is C15H16ClN3O. The maximum atomic E-state index is 11.5. The highest BCUT2D eigenvalue weighted by molar-refractivity contribution is 6.31. The Morgan fingerprint density at radius 1 is 1.25 bits per heavy atom. The van der Waals surface area contributed by atoms with Gasteiger partial charge in [0.1, 0.15) is 0 Å². The molecule has 0 aromatic heterocycles. The van der Waals surface area contributed by atoms with Gasteiger partial charge in [-0.15, -0.1) is 0 Å². The molecule has 5 heteroatoms. The van der Waals surface area contributed by atoms with E-state index in [1.807, 2.05) is 36.2 Å². The quantitative estimate of drug-likeness (QED) is 0.850. The van der Waals surface area contributed by atoms with Gasteiger partial charge in [0.2, 0.25) is 0 Å². The number of para-hydroxylation sites is 1. The van der Waals surface area contributed by atoms with Crippen LogP contribution in [0.3, 0.4) is 0 Å². The van der Waals surface area contributed by atoms with E-state index >= 15 is 0 Å². The number of anilines is 2. The molecule has 0 fully saturated rings. The molecule has 0 aliphatic rings. The first kappa shape index (κ1) is 14.2. The van der Waals surface area contributed by atoms with E-state index in [4.69, 9.17) is 23.1 Å². The van der Waals surface area contributed by atoms with Crippen molar-refractivity contribution in [1.29, 1.82) is 0 Å². The third-order valence-electron chi connectivity index (χ3n) is 3.10. The third kappa shape index (κ3) is 3.03. The van der Waals surface area contributed by atoms with Crippen LogP contribution in [0.25, 0.3) is 0 Å². The number of benzene rings is 2. The monoisotopic (exact) mass is 289 g/mol. The van der Waals surface area contributed by atoms with Gasteiger partial charge in [-0.25, -0.2) is 0 Å². The number of nitrogens with zero attached hydrogens (tertiary/aromatic N) is 1. The molecule has 2 aromatic carbocycles. The molecule has 0 aliphatic heterocycles. The lowest BCUT2D eigenvalue weighted by molar-refractivity contribution is 0.100. The summed E-state index contributed by atoms with van der Waals surface area (Å²) in [5.41, 5.74) is 14.1. The average Bonchev–Trinajstić information content (AvgIpc) is 2.40.